The lowest BCUT2D eigenvalue weighted by atomic mass is 9.83. The molecule has 14 heavy (non-hydrogen) atoms. The standard InChI is InChI=1S/C11H21NO2/c1-2-10(12-8-11(13)14)9-6-4-3-5-7-9/h9-10,12H,2-8H2,1H3,(H,13,14). The highest BCUT2D eigenvalue weighted by atomic mass is 16.4. The van der Waals surface area contributed by atoms with E-state index in [0.717, 1.165) is 6.42 Å². The maximum Gasteiger partial charge on any atom is 0.317 e. The summed E-state index contributed by atoms with van der Waals surface area (Å²) in [5, 5.41) is 11.7. The fourth-order valence-corrected chi connectivity index (χ4v) is 2.40. The van der Waals surface area contributed by atoms with E-state index in [1.165, 1.54) is 32.1 Å². The molecule has 0 spiro atoms. The number of carboxylic acid groups (broad SMARTS) is 1. The first-order valence-corrected chi connectivity index (χ1v) is 5.69. The van der Waals surface area contributed by atoms with Gasteiger partial charge in [0.15, 0.2) is 0 Å². The summed E-state index contributed by atoms with van der Waals surface area (Å²) in [6.07, 6.45) is 7.56. The van der Waals surface area contributed by atoms with E-state index in [1.54, 1.807) is 0 Å². The minimum Gasteiger partial charge on any atom is -0.480 e. The molecule has 0 heterocycles. The minimum absolute atomic E-state index is 0.106. The van der Waals surface area contributed by atoms with Crippen molar-refractivity contribution in [3.8, 4) is 0 Å². The third kappa shape index (κ3) is 3.66. The molecule has 0 bridgehead atoms. The summed E-state index contributed by atoms with van der Waals surface area (Å²) in [7, 11) is 0. The fourth-order valence-electron chi connectivity index (χ4n) is 2.40. The molecule has 3 nitrogen and oxygen atoms in total. The highest BCUT2D eigenvalue weighted by Gasteiger charge is 2.22. The van der Waals surface area contributed by atoms with E-state index in [4.69, 9.17) is 5.11 Å². The molecular formula is C11H21NO2. The van der Waals surface area contributed by atoms with Crippen LogP contribution in [0.1, 0.15) is 45.4 Å². The van der Waals surface area contributed by atoms with E-state index in [9.17, 15) is 4.79 Å². The van der Waals surface area contributed by atoms with Crippen LogP contribution in [-0.2, 0) is 4.79 Å². The molecule has 1 aliphatic rings. The molecule has 0 amide bonds. The molecule has 1 saturated carbocycles. The van der Waals surface area contributed by atoms with Gasteiger partial charge in [0.1, 0.15) is 0 Å². The molecule has 1 unspecified atom stereocenters. The van der Waals surface area contributed by atoms with Crippen molar-refractivity contribution in [1.82, 2.24) is 5.32 Å². The maximum absolute atomic E-state index is 10.4. The first-order chi connectivity index (χ1) is 6.74. The minimum atomic E-state index is -0.751. The van der Waals surface area contributed by atoms with Gasteiger partial charge in [-0.2, -0.15) is 0 Å². The van der Waals surface area contributed by atoms with Crippen LogP contribution in [0.3, 0.4) is 0 Å². The van der Waals surface area contributed by atoms with Crippen LogP contribution in [0.2, 0.25) is 0 Å². The number of aliphatic carboxylic acids is 1. The number of carbonyl (C=O) groups is 1. The summed E-state index contributed by atoms with van der Waals surface area (Å²) in [6, 6.07) is 0.409. The van der Waals surface area contributed by atoms with Gasteiger partial charge in [-0.05, 0) is 25.2 Å². The third-order valence-corrected chi connectivity index (χ3v) is 3.17. The SMILES string of the molecule is CCC(NCC(=O)O)C1CCCCC1. The van der Waals surface area contributed by atoms with Gasteiger partial charge in [0, 0.05) is 6.04 Å². The van der Waals surface area contributed by atoms with Crippen molar-refractivity contribution in [1.29, 1.82) is 0 Å². The number of hydrogen-bond acceptors (Lipinski definition) is 2. The van der Waals surface area contributed by atoms with Crippen LogP contribution in [0.15, 0.2) is 0 Å². The fraction of sp³-hybridized carbons (Fsp3) is 0.909. The lowest BCUT2D eigenvalue weighted by Gasteiger charge is -2.29. The number of nitrogens with one attached hydrogen (secondary N) is 1. The zero-order valence-electron chi connectivity index (χ0n) is 8.96. The van der Waals surface area contributed by atoms with Gasteiger partial charge in [-0.3, -0.25) is 4.79 Å². The van der Waals surface area contributed by atoms with Crippen molar-refractivity contribution < 1.29 is 9.90 Å². The van der Waals surface area contributed by atoms with E-state index in [2.05, 4.69) is 12.2 Å². The summed E-state index contributed by atoms with van der Waals surface area (Å²) >= 11 is 0. The van der Waals surface area contributed by atoms with Gasteiger partial charge in [-0.15, -0.1) is 0 Å². The summed E-state index contributed by atoms with van der Waals surface area (Å²) in [5.74, 6) is -0.0487. The molecule has 0 aromatic heterocycles. The molecule has 0 saturated heterocycles. The topological polar surface area (TPSA) is 49.3 Å². The molecule has 1 rings (SSSR count). The molecule has 2 N–H and O–H groups in total. The van der Waals surface area contributed by atoms with Crippen LogP contribution < -0.4 is 5.32 Å². The Morgan fingerprint density at radius 3 is 2.57 bits per heavy atom. The Hall–Kier alpha value is -0.570. The predicted octanol–water partition coefficient (Wildman–Crippen LogP) is 2.02. The molecule has 1 fully saturated rings. The Bertz CT molecular complexity index is 176. The van der Waals surface area contributed by atoms with Gasteiger partial charge < -0.3 is 10.4 Å². The Labute approximate surface area is 85.9 Å². The molecular weight excluding hydrogens is 178 g/mol. The van der Waals surface area contributed by atoms with Crippen LogP contribution in [0, 0.1) is 5.92 Å². The average molecular weight is 199 g/mol. The molecule has 1 atom stereocenters. The van der Waals surface area contributed by atoms with Gasteiger partial charge in [0.2, 0.25) is 0 Å². The number of hydrogen-bond donors (Lipinski definition) is 2. The monoisotopic (exact) mass is 199 g/mol. The summed E-state index contributed by atoms with van der Waals surface area (Å²) < 4.78 is 0. The molecule has 3 heteroatoms. The van der Waals surface area contributed by atoms with Gasteiger partial charge in [-0.25, -0.2) is 0 Å². The largest absolute Gasteiger partial charge is 0.480 e. The van der Waals surface area contributed by atoms with Gasteiger partial charge in [0.25, 0.3) is 0 Å². The zero-order valence-corrected chi connectivity index (χ0v) is 8.96. The molecule has 0 radical (unpaired) electrons. The van der Waals surface area contributed by atoms with Gasteiger partial charge >= 0.3 is 5.97 Å². The maximum atomic E-state index is 10.4. The third-order valence-electron chi connectivity index (χ3n) is 3.17. The lowest BCUT2D eigenvalue weighted by Crippen LogP contribution is -2.39. The highest BCUT2D eigenvalue weighted by Crippen LogP contribution is 2.27. The second kappa shape index (κ2) is 6.02. The van der Waals surface area contributed by atoms with Gasteiger partial charge in [-0.1, -0.05) is 26.2 Å². The van der Waals surface area contributed by atoms with Crippen LogP contribution in [0.5, 0.6) is 0 Å². The van der Waals surface area contributed by atoms with Crippen molar-refractivity contribution >= 4 is 5.97 Å². The van der Waals surface area contributed by atoms with Crippen molar-refractivity contribution in [3.05, 3.63) is 0 Å². The van der Waals surface area contributed by atoms with E-state index in [1.807, 2.05) is 0 Å². The smallest absolute Gasteiger partial charge is 0.317 e. The summed E-state index contributed by atoms with van der Waals surface area (Å²) in [5.41, 5.74) is 0. The summed E-state index contributed by atoms with van der Waals surface area (Å²) in [6.45, 7) is 2.24. The van der Waals surface area contributed by atoms with Crippen molar-refractivity contribution in [2.75, 3.05) is 6.54 Å². The van der Waals surface area contributed by atoms with E-state index in [0.29, 0.717) is 12.0 Å². The number of carboxylic acids is 1. The van der Waals surface area contributed by atoms with Crippen LogP contribution in [0.25, 0.3) is 0 Å². The Kier molecular flexibility index (Phi) is 4.94. The first kappa shape index (κ1) is 11.5. The first-order valence-electron chi connectivity index (χ1n) is 5.69. The van der Waals surface area contributed by atoms with Crippen LogP contribution in [-0.4, -0.2) is 23.7 Å². The van der Waals surface area contributed by atoms with E-state index < -0.39 is 5.97 Å². The molecule has 0 aromatic carbocycles. The van der Waals surface area contributed by atoms with E-state index >= 15 is 0 Å². The molecule has 82 valence electrons. The zero-order chi connectivity index (χ0) is 10.4. The van der Waals surface area contributed by atoms with Crippen LogP contribution in [0.4, 0.5) is 0 Å². The normalized spacial score (nSPS) is 20.6. The Balaban J connectivity index is 2.31. The number of rotatable bonds is 5. The Morgan fingerprint density at radius 2 is 2.07 bits per heavy atom. The van der Waals surface area contributed by atoms with Crippen molar-refractivity contribution in [3.63, 3.8) is 0 Å². The molecule has 0 aromatic rings. The molecule has 1 aliphatic carbocycles. The average Bonchev–Trinajstić information content (AvgIpc) is 2.20. The summed E-state index contributed by atoms with van der Waals surface area (Å²) in [4.78, 5) is 10.4. The second-order valence-corrected chi connectivity index (χ2v) is 4.19. The van der Waals surface area contributed by atoms with Crippen molar-refractivity contribution in [2.24, 2.45) is 5.92 Å². The van der Waals surface area contributed by atoms with Gasteiger partial charge in [0.05, 0.1) is 6.54 Å². The van der Waals surface area contributed by atoms with E-state index in [-0.39, 0.29) is 6.54 Å². The van der Waals surface area contributed by atoms with Crippen molar-refractivity contribution in [2.45, 2.75) is 51.5 Å². The molecule has 0 aliphatic heterocycles. The van der Waals surface area contributed by atoms with Crippen LogP contribution >= 0.6 is 0 Å². The predicted molar refractivity (Wildman–Crippen MR) is 56.3 cm³/mol. The quantitative estimate of drug-likeness (QED) is 0.712. The Morgan fingerprint density at radius 1 is 1.43 bits per heavy atom. The lowest BCUT2D eigenvalue weighted by molar-refractivity contribution is -0.136. The second-order valence-electron chi connectivity index (χ2n) is 4.19. The highest BCUT2D eigenvalue weighted by molar-refractivity contribution is 5.69.